The van der Waals surface area contributed by atoms with Crippen LogP contribution in [0.25, 0.3) is 6.08 Å². The van der Waals surface area contributed by atoms with Crippen LogP contribution in [0.15, 0.2) is 47.4 Å². The maximum Gasteiger partial charge on any atom is 0.323 e. The number of thioether (sulfide) groups is 1. The van der Waals surface area contributed by atoms with Gasteiger partial charge in [-0.2, -0.15) is 0 Å². The molecule has 150 valence electrons. The Balaban J connectivity index is 1.75. The Morgan fingerprint density at radius 1 is 1.24 bits per heavy atom. The summed E-state index contributed by atoms with van der Waals surface area (Å²) < 4.78 is 24.3. The van der Waals surface area contributed by atoms with E-state index in [-0.39, 0.29) is 16.7 Å². The highest BCUT2D eigenvalue weighted by atomic mass is 32.2. The predicted octanol–water partition coefficient (Wildman–Crippen LogP) is 3.70. The van der Waals surface area contributed by atoms with E-state index in [2.05, 4.69) is 0 Å². The molecule has 1 N–H and O–H groups in total. The fourth-order valence-electron chi connectivity index (χ4n) is 2.56. The van der Waals surface area contributed by atoms with Gasteiger partial charge in [0.05, 0.1) is 12.0 Å². The number of nitrogens with zero attached hydrogens (tertiary/aromatic N) is 1. The number of carboxylic acid groups (broad SMARTS) is 1. The molecule has 1 fully saturated rings. The van der Waals surface area contributed by atoms with E-state index in [0.717, 1.165) is 22.2 Å². The van der Waals surface area contributed by atoms with Crippen molar-refractivity contribution in [1.29, 1.82) is 0 Å². The molecule has 6 nitrogen and oxygen atoms in total. The number of thiocarbonyl (C=S) groups is 1. The molecule has 0 spiro atoms. The fourth-order valence-corrected chi connectivity index (χ4v) is 3.81. The molecule has 0 aliphatic carbocycles. The van der Waals surface area contributed by atoms with E-state index in [1.54, 1.807) is 36.4 Å². The third kappa shape index (κ3) is 5.12. The van der Waals surface area contributed by atoms with E-state index in [9.17, 15) is 14.0 Å². The van der Waals surface area contributed by atoms with E-state index < -0.39 is 18.4 Å². The lowest BCUT2D eigenvalue weighted by Crippen LogP contribution is -2.33. The van der Waals surface area contributed by atoms with Crippen LogP contribution in [0.5, 0.6) is 11.5 Å². The summed E-state index contributed by atoms with van der Waals surface area (Å²) in [5, 5.41) is 8.90. The molecule has 29 heavy (non-hydrogen) atoms. The van der Waals surface area contributed by atoms with Crippen LogP contribution in [0.2, 0.25) is 0 Å². The molecular formula is C20H16FNO5S2. The highest BCUT2D eigenvalue weighted by Crippen LogP contribution is 2.34. The predicted molar refractivity (Wildman–Crippen MR) is 111 cm³/mol. The lowest BCUT2D eigenvalue weighted by Gasteiger charge is -2.12. The smallest absolute Gasteiger partial charge is 0.323 e. The van der Waals surface area contributed by atoms with Crippen molar-refractivity contribution >= 4 is 46.3 Å². The minimum Gasteiger partial charge on any atom is -0.493 e. The summed E-state index contributed by atoms with van der Waals surface area (Å²) in [5.41, 5.74) is 1.48. The second-order valence-corrected chi connectivity index (χ2v) is 7.66. The number of amides is 1. The van der Waals surface area contributed by atoms with E-state index in [0.29, 0.717) is 22.0 Å². The number of carbonyl (C=O) groups excluding carboxylic acids is 1. The number of carbonyl (C=O) groups is 2. The van der Waals surface area contributed by atoms with E-state index in [1.165, 1.54) is 19.2 Å². The first kappa shape index (κ1) is 20.8. The van der Waals surface area contributed by atoms with Gasteiger partial charge in [-0.05, 0) is 41.5 Å². The highest BCUT2D eigenvalue weighted by molar-refractivity contribution is 8.26. The number of rotatable bonds is 7. The van der Waals surface area contributed by atoms with Gasteiger partial charge in [0.2, 0.25) is 0 Å². The number of aliphatic carboxylic acids is 1. The fraction of sp³-hybridized carbons (Fsp3) is 0.150. The highest BCUT2D eigenvalue weighted by Gasteiger charge is 2.33. The molecule has 1 saturated heterocycles. The third-order valence-corrected chi connectivity index (χ3v) is 5.34. The van der Waals surface area contributed by atoms with Gasteiger partial charge in [0.25, 0.3) is 5.91 Å². The van der Waals surface area contributed by atoms with Crippen molar-refractivity contribution in [3.05, 3.63) is 64.3 Å². The van der Waals surface area contributed by atoms with Gasteiger partial charge < -0.3 is 14.6 Å². The maximum absolute atomic E-state index is 13.0. The largest absolute Gasteiger partial charge is 0.493 e. The molecule has 1 aliphatic heterocycles. The van der Waals surface area contributed by atoms with Gasteiger partial charge in [-0.3, -0.25) is 14.5 Å². The minimum absolute atomic E-state index is 0.204. The quantitative estimate of drug-likeness (QED) is 0.527. The molecule has 0 radical (unpaired) electrons. The first-order valence-electron chi connectivity index (χ1n) is 8.40. The van der Waals surface area contributed by atoms with Crippen molar-refractivity contribution in [2.45, 2.75) is 6.61 Å². The molecule has 1 amide bonds. The Hall–Kier alpha value is -2.91. The van der Waals surface area contributed by atoms with Gasteiger partial charge in [-0.25, -0.2) is 4.39 Å². The molecule has 9 heteroatoms. The van der Waals surface area contributed by atoms with Crippen LogP contribution >= 0.6 is 24.0 Å². The van der Waals surface area contributed by atoms with Crippen molar-refractivity contribution in [1.82, 2.24) is 4.90 Å². The lowest BCUT2D eigenvalue weighted by molar-refractivity contribution is -0.140. The Kier molecular flexibility index (Phi) is 6.50. The van der Waals surface area contributed by atoms with Crippen LogP contribution in [0.4, 0.5) is 4.39 Å². The van der Waals surface area contributed by atoms with Crippen molar-refractivity contribution in [3.8, 4) is 11.5 Å². The summed E-state index contributed by atoms with van der Waals surface area (Å²) in [6.45, 7) is -0.231. The van der Waals surface area contributed by atoms with Gasteiger partial charge in [-0.1, -0.05) is 42.2 Å². The first-order valence-corrected chi connectivity index (χ1v) is 9.62. The molecule has 0 bridgehead atoms. The van der Waals surface area contributed by atoms with Crippen molar-refractivity contribution < 1.29 is 28.6 Å². The third-order valence-electron chi connectivity index (χ3n) is 3.96. The maximum atomic E-state index is 13.0. The van der Waals surface area contributed by atoms with Gasteiger partial charge >= 0.3 is 5.97 Å². The first-order chi connectivity index (χ1) is 13.9. The summed E-state index contributed by atoms with van der Waals surface area (Å²) in [6.07, 6.45) is 1.62. The minimum atomic E-state index is -1.13. The van der Waals surface area contributed by atoms with E-state index >= 15 is 0 Å². The molecule has 0 atom stereocenters. The monoisotopic (exact) mass is 433 g/mol. The van der Waals surface area contributed by atoms with Crippen LogP contribution in [0.1, 0.15) is 11.1 Å². The second kappa shape index (κ2) is 9.06. The zero-order valence-corrected chi connectivity index (χ0v) is 16.9. The summed E-state index contributed by atoms with van der Waals surface area (Å²) in [5.74, 6) is -0.941. The summed E-state index contributed by atoms with van der Waals surface area (Å²) in [7, 11) is 1.50. The van der Waals surface area contributed by atoms with Crippen LogP contribution in [-0.2, 0) is 16.2 Å². The molecule has 3 rings (SSSR count). The number of benzene rings is 2. The van der Waals surface area contributed by atoms with Gasteiger partial charge in [0, 0.05) is 0 Å². The SMILES string of the molecule is COc1cc(C=C2SC(=S)N(CC(=O)O)C2=O)ccc1OCc1ccc(F)cc1. The van der Waals surface area contributed by atoms with Crippen molar-refractivity contribution in [2.24, 2.45) is 0 Å². The number of hydrogen-bond acceptors (Lipinski definition) is 6. The zero-order valence-electron chi connectivity index (χ0n) is 15.3. The Morgan fingerprint density at radius 2 is 1.97 bits per heavy atom. The summed E-state index contributed by atoms with van der Waals surface area (Å²) in [6, 6.07) is 11.1. The van der Waals surface area contributed by atoms with Gasteiger partial charge in [0.15, 0.2) is 11.5 Å². The number of hydrogen-bond donors (Lipinski definition) is 1. The topological polar surface area (TPSA) is 76.1 Å². The Morgan fingerprint density at radius 3 is 2.62 bits per heavy atom. The molecule has 0 aromatic heterocycles. The van der Waals surface area contributed by atoms with Gasteiger partial charge in [0.1, 0.15) is 23.3 Å². The molecule has 0 saturated carbocycles. The number of carboxylic acids is 1. The molecule has 0 unspecified atom stereocenters. The Bertz CT molecular complexity index is 991. The molecule has 2 aromatic rings. The number of ether oxygens (including phenoxy) is 2. The normalized spacial score (nSPS) is 15.1. The van der Waals surface area contributed by atoms with E-state index in [4.69, 9.17) is 26.8 Å². The van der Waals surface area contributed by atoms with Crippen LogP contribution in [0, 0.1) is 5.82 Å². The molecular weight excluding hydrogens is 417 g/mol. The summed E-state index contributed by atoms with van der Waals surface area (Å²) in [4.78, 5) is 24.6. The van der Waals surface area contributed by atoms with Crippen molar-refractivity contribution in [2.75, 3.05) is 13.7 Å². The molecule has 1 heterocycles. The number of halogens is 1. The standard InChI is InChI=1S/C20H16FNO5S2/c1-26-16-8-13(9-17-19(25)22(10-18(23)24)20(28)29-17)4-7-15(16)27-11-12-2-5-14(21)6-3-12/h2-9H,10-11H2,1H3,(H,23,24). The van der Waals surface area contributed by atoms with E-state index in [1.807, 2.05) is 0 Å². The zero-order chi connectivity index (χ0) is 21.0. The number of methoxy groups -OCH3 is 1. The lowest BCUT2D eigenvalue weighted by atomic mass is 10.1. The molecule has 2 aromatic carbocycles. The van der Waals surface area contributed by atoms with Crippen LogP contribution in [0.3, 0.4) is 0 Å². The van der Waals surface area contributed by atoms with Crippen LogP contribution in [-0.4, -0.2) is 39.9 Å². The average molecular weight is 433 g/mol. The van der Waals surface area contributed by atoms with Crippen LogP contribution < -0.4 is 9.47 Å². The average Bonchev–Trinajstić information content (AvgIpc) is 2.95. The van der Waals surface area contributed by atoms with Crippen molar-refractivity contribution in [3.63, 3.8) is 0 Å². The molecule has 1 aliphatic rings. The Labute approximate surface area is 175 Å². The summed E-state index contributed by atoms with van der Waals surface area (Å²) >= 11 is 6.13. The van der Waals surface area contributed by atoms with Gasteiger partial charge in [-0.15, -0.1) is 0 Å². The second-order valence-electron chi connectivity index (χ2n) is 5.99.